The zero-order valence-corrected chi connectivity index (χ0v) is 22.6. The Morgan fingerprint density at radius 2 is 1.59 bits per heavy atom. The van der Waals surface area contributed by atoms with Gasteiger partial charge in [-0.2, -0.15) is 0 Å². The van der Waals surface area contributed by atoms with E-state index >= 15 is 0 Å². The topological polar surface area (TPSA) is 131 Å². The summed E-state index contributed by atoms with van der Waals surface area (Å²) < 4.78 is 27.7. The van der Waals surface area contributed by atoms with Gasteiger partial charge in [-0.1, -0.05) is 51.0 Å². The van der Waals surface area contributed by atoms with Crippen LogP contribution < -0.4 is 16.0 Å². The predicted molar refractivity (Wildman–Crippen MR) is 145 cm³/mol. The van der Waals surface area contributed by atoms with Crippen LogP contribution >= 0.6 is 0 Å². The first kappa shape index (κ1) is 32.1. The Balaban J connectivity index is 2.13. The van der Waals surface area contributed by atoms with E-state index < -0.39 is 47.9 Å². The van der Waals surface area contributed by atoms with Crippen LogP contribution in [0.2, 0.25) is 0 Å². The highest BCUT2D eigenvalue weighted by molar-refractivity contribution is 5.85. The molecule has 0 heterocycles. The Bertz CT molecular complexity index is 1040. The molecule has 0 saturated heterocycles. The zero-order valence-electron chi connectivity index (χ0n) is 22.6. The zero-order chi connectivity index (χ0) is 28.8. The van der Waals surface area contributed by atoms with Gasteiger partial charge < -0.3 is 31.3 Å². The first-order chi connectivity index (χ1) is 18.6. The van der Waals surface area contributed by atoms with E-state index in [2.05, 4.69) is 22.9 Å². The minimum atomic E-state index is -1.40. The highest BCUT2D eigenvalue weighted by atomic mass is 19.1. The van der Waals surface area contributed by atoms with Gasteiger partial charge in [0.05, 0.1) is 18.2 Å². The first-order valence-corrected chi connectivity index (χ1v) is 13.5. The lowest BCUT2D eigenvalue weighted by Crippen LogP contribution is -2.54. The predicted octanol–water partition coefficient (Wildman–Crippen LogP) is 3.67. The maximum atomic E-state index is 13.8. The molecule has 0 spiro atoms. The minimum Gasteiger partial charge on any atom is -0.465 e. The SMILES string of the molecule is CCCCC(O)CC[C@@H](NC(=O)O)C(=O)N[C@@H](Cc1cc(F)cc(F)c1)[C@@H](O)CNCc1cccc(CC)c1. The highest BCUT2D eigenvalue weighted by Gasteiger charge is 2.28. The van der Waals surface area contributed by atoms with Crippen LogP contribution in [0.4, 0.5) is 13.6 Å². The average molecular weight is 550 g/mol. The summed E-state index contributed by atoms with van der Waals surface area (Å²) in [5, 5.41) is 38.4. The lowest BCUT2D eigenvalue weighted by molar-refractivity contribution is -0.124. The van der Waals surface area contributed by atoms with Crippen molar-refractivity contribution in [3.8, 4) is 0 Å². The van der Waals surface area contributed by atoms with Crippen molar-refractivity contribution in [1.82, 2.24) is 16.0 Å². The van der Waals surface area contributed by atoms with E-state index in [1.54, 1.807) is 0 Å². The van der Waals surface area contributed by atoms with E-state index in [-0.39, 0.29) is 31.4 Å². The van der Waals surface area contributed by atoms with Gasteiger partial charge in [0.15, 0.2) is 0 Å². The van der Waals surface area contributed by atoms with Crippen LogP contribution in [0, 0.1) is 11.6 Å². The van der Waals surface area contributed by atoms with Crippen molar-refractivity contribution >= 4 is 12.0 Å². The molecule has 2 aromatic rings. The number of carboxylic acid groups (broad SMARTS) is 1. The number of carbonyl (C=O) groups excluding carboxylic acids is 1. The number of aliphatic hydroxyl groups is 2. The molecule has 0 aliphatic carbocycles. The fraction of sp³-hybridized carbons (Fsp3) is 0.517. The summed E-state index contributed by atoms with van der Waals surface area (Å²) in [5.41, 5.74) is 2.41. The van der Waals surface area contributed by atoms with E-state index in [9.17, 15) is 33.7 Å². The van der Waals surface area contributed by atoms with Crippen LogP contribution in [-0.4, -0.2) is 58.2 Å². The molecule has 39 heavy (non-hydrogen) atoms. The monoisotopic (exact) mass is 549 g/mol. The Morgan fingerprint density at radius 3 is 2.23 bits per heavy atom. The molecule has 0 fully saturated rings. The van der Waals surface area contributed by atoms with E-state index in [1.807, 2.05) is 31.2 Å². The van der Waals surface area contributed by atoms with Gasteiger partial charge in [0.25, 0.3) is 0 Å². The number of halogens is 2. The maximum Gasteiger partial charge on any atom is 0.405 e. The molecule has 0 radical (unpaired) electrons. The summed E-state index contributed by atoms with van der Waals surface area (Å²) in [6.07, 6.45) is 0.0499. The van der Waals surface area contributed by atoms with Gasteiger partial charge in [0.2, 0.25) is 5.91 Å². The number of aliphatic hydroxyl groups excluding tert-OH is 2. The van der Waals surface area contributed by atoms with Crippen LogP contribution in [-0.2, 0) is 24.2 Å². The number of unbranched alkanes of at least 4 members (excludes halogenated alkanes) is 1. The Kier molecular flexibility index (Phi) is 13.8. The van der Waals surface area contributed by atoms with E-state index in [4.69, 9.17) is 0 Å². The number of rotatable bonds is 17. The molecular weight excluding hydrogens is 508 g/mol. The van der Waals surface area contributed by atoms with Crippen LogP contribution in [0.15, 0.2) is 42.5 Å². The second kappa shape index (κ2) is 16.8. The van der Waals surface area contributed by atoms with Crippen molar-refractivity contribution in [2.24, 2.45) is 0 Å². The van der Waals surface area contributed by atoms with Crippen LogP contribution in [0.1, 0.15) is 62.6 Å². The fourth-order valence-corrected chi connectivity index (χ4v) is 4.38. The van der Waals surface area contributed by atoms with Crippen LogP contribution in [0.3, 0.4) is 0 Å². The summed E-state index contributed by atoms with van der Waals surface area (Å²) in [5.74, 6) is -2.27. The summed E-state index contributed by atoms with van der Waals surface area (Å²) in [6, 6.07) is 8.78. The Labute approximate surface area is 228 Å². The molecule has 216 valence electrons. The molecule has 2 rings (SSSR count). The smallest absolute Gasteiger partial charge is 0.405 e. The molecular formula is C29H41F2N3O5. The van der Waals surface area contributed by atoms with Crippen molar-refractivity contribution in [1.29, 1.82) is 0 Å². The molecule has 2 amide bonds. The molecule has 4 atom stereocenters. The summed E-state index contributed by atoms with van der Waals surface area (Å²) in [4.78, 5) is 24.5. The number of carbonyl (C=O) groups is 2. The lowest BCUT2D eigenvalue weighted by atomic mass is 9.99. The first-order valence-electron chi connectivity index (χ1n) is 13.5. The molecule has 0 aliphatic rings. The van der Waals surface area contributed by atoms with E-state index in [0.717, 1.165) is 43.0 Å². The second-order valence-electron chi connectivity index (χ2n) is 9.84. The third-order valence-electron chi connectivity index (χ3n) is 6.55. The molecule has 0 saturated carbocycles. The maximum absolute atomic E-state index is 13.8. The van der Waals surface area contributed by atoms with Gasteiger partial charge in [-0.05, 0) is 60.9 Å². The number of nitrogens with one attached hydrogen (secondary N) is 3. The summed E-state index contributed by atoms with van der Waals surface area (Å²) in [7, 11) is 0. The van der Waals surface area contributed by atoms with Crippen molar-refractivity contribution in [2.45, 2.75) is 89.6 Å². The number of hydrogen-bond donors (Lipinski definition) is 6. The van der Waals surface area contributed by atoms with Crippen LogP contribution in [0.25, 0.3) is 0 Å². The molecule has 0 bridgehead atoms. The van der Waals surface area contributed by atoms with E-state index in [1.165, 1.54) is 5.56 Å². The lowest BCUT2D eigenvalue weighted by Gasteiger charge is -2.27. The molecule has 2 aromatic carbocycles. The largest absolute Gasteiger partial charge is 0.465 e. The van der Waals surface area contributed by atoms with Gasteiger partial charge in [0, 0.05) is 19.2 Å². The average Bonchev–Trinajstić information content (AvgIpc) is 2.88. The molecule has 0 aromatic heterocycles. The third kappa shape index (κ3) is 12.1. The van der Waals surface area contributed by atoms with Gasteiger partial charge in [0.1, 0.15) is 17.7 Å². The van der Waals surface area contributed by atoms with Gasteiger partial charge in [-0.15, -0.1) is 0 Å². The number of hydrogen-bond acceptors (Lipinski definition) is 5. The van der Waals surface area contributed by atoms with Crippen molar-refractivity contribution in [3.63, 3.8) is 0 Å². The van der Waals surface area contributed by atoms with Gasteiger partial charge in [-0.3, -0.25) is 4.79 Å². The van der Waals surface area contributed by atoms with Gasteiger partial charge >= 0.3 is 6.09 Å². The Hall–Kier alpha value is -3.08. The number of benzene rings is 2. The third-order valence-corrected chi connectivity index (χ3v) is 6.55. The van der Waals surface area contributed by atoms with Gasteiger partial charge in [-0.25, -0.2) is 13.6 Å². The minimum absolute atomic E-state index is 0.0481. The quantitative estimate of drug-likeness (QED) is 0.179. The molecule has 0 aliphatic heterocycles. The van der Waals surface area contributed by atoms with Crippen LogP contribution in [0.5, 0.6) is 0 Å². The second-order valence-corrected chi connectivity index (χ2v) is 9.84. The van der Waals surface area contributed by atoms with E-state index in [0.29, 0.717) is 13.0 Å². The number of amides is 2. The van der Waals surface area contributed by atoms with Crippen molar-refractivity contribution in [3.05, 3.63) is 70.8 Å². The molecule has 1 unspecified atom stereocenters. The fourth-order valence-electron chi connectivity index (χ4n) is 4.38. The van der Waals surface area contributed by atoms with Crippen molar-refractivity contribution in [2.75, 3.05) is 6.54 Å². The summed E-state index contributed by atoms with van der Waals surface area (Å²) >= 11 is 0. The standard InChI is InChI=1S/C29H41F2N3O5/c1-3-5-9-24(35)10-11-25(34-29(38)39)28(37)33-26(15-21-13-22(30)16-23(31)14-21)27(36)18-32-17-20-8-6-7-19(4-2)12-20/h6-8,12-14,16,24-27,32,34-36H,3-5,9-11,15,17-18H2,1-2H3,(H,33,37)(H,38,39)/t24?,25-,26+,27+/m1/s1. The number of aryl methyl sites for hydroxylation is 1. The molecule has 6 N–H and O–H groups in total. The van der Waals surface area contributed by atoms with Crippen molar-refractivity contribution < 1.29 is 33.7 Å². The molecule has 8 nitrogen and oxygen atoms in total. The normalized spacial score (nSPS) is 14.3. The molecule has 10 heteroatoms. The summed E-state index contributed by atoms with van der Waals surface area (Å²) in [6.45, 7) is 4.56. The Morgan fingerprint density at radius 1 is 0.897 bits per heavy atom. The highest BCUT2D eigenvalue weighted by Crippen LogP contribution is 2.14.